The van der Waals surface area contributed by atoms with E-state index in [1.54, 1.807) is 26.0 Å². The molecule has 2 atom stereocenters. The third-order valence-corrected chi connectivity index (χ3v) is 3.91. The van der Waals surface area contributed by atoms with Crippen LogP contribution in [-0.4, -0.2) is 27.5 Å². The molecule has 5 heteroatoms. The first-order valence-corrected chi connectivity index (χ1v) is 6.73. The van der Waals surface area contributed by atoms with Crippen molar-refractivity contribution in [2.24, 2.45) is 0 Å². The van der Waals surface area contributed by atoms with Gasteiger partial charge in [-0.05, 0) is 25.5 Å². The molecule has 2 N–H and O–H groups in total. The fourth-order valence-corrected chi connectivity index (χ4v) is 2.39. The lowest BCUT2D eigenvalue weighted by molar-refractivity contribution is -0.136. The van der Waals surface area contributed by atoms with Crippen LogP contribution >= 0.6 is 11.8 Å². The molecule has 0 aliphatic heterocycles. The van der Waals surface area contributed by atoms with E-state index in [1.807, 2.05) is 18.2 Å². The van der Waals surface area contributed by atoms with Crippen molar-refractivity contribution in [3.63, 3.8) is 0 Å². The van der Waals surface area contributed by atoms with Gasteiger partial charge in [0.2, 0.25) is 5.91 Å². The summed E-state index contributed by atoms with van der Waals surface area (Å²) in [4.78, 5) is 22.8. The predicted molar refractivity (Wildman–Crippen MR) is 73.8 cm³/mol. The first-order valence-electron chi connectivity index (χ1n) is 5.78. The smallest absolute Gasteiger partial charge is 0.316 e. The Morgan fingerprint density at radius 3 is 2.44 bits per heavy atom. The van der Waals surface area contributed by atoms with Crippen molar-refractivity contribution in [1.29, 1.82) is 0 Å². The lowest BCUT2D eigenvalue weighted by Gasteiger charge is -2.15. The molecule has 18 heavy (non-hydrogen) atoms. The fraction of sp³-hybridized carbons (Fsp3) is 0.385. The molecule has 0 saturated carbocycles. The highest BCUT2D eigenvalue weighted by atomic mass is 32.2. The second-order valence-corrected chi connectivity index (χ2v) is 5.42. The number of hydrogen-bond acceptors (Lipinski definition) is 3. The molecular weight excluding hydrogens is 250 g/mol. The average Bonchev–Trinajstić information content (AvgIpc) is 2.36. The number of nitrogens with one attached hydrogen (secondary N) is 1. The average molecular weight is 267 g/mol. The van der Waals surface area contributed by atoms with Gasteiger partial charge in [-0.2, -0.15) is 0 Å². The number of benzene rings is 1. The summed E-state index contributed by atoms with van der Waals surface area (Å²) in [5.41, 5.74) is 0.721. The summed E-state index contributed by atoms with van der Waals surface area (Å²) < 4.78 is 0. The van der Waals surface area contributed by atoms with Crippen LogP contribution in [0.1, 0.15) is 20.3 Å². The summed E-state index contributed by atoms with van der Waals surface area (Å²) in [6.07, 6.45) is 0.503. The first kappa shape index (κ1) is 14.6. The Bertz CT molecular complexity index is 408. The molecule has 4 nitrogen and oxygen atoms in total. The Balaban J connectivity index is 2.54. The van der Waals surface area contributed by atoms with E-state index in [-0.39, 0.29) is 5.91 Å². The van der Waals surface area contributed by atoms with Crippen LogP contribution in [0.3, 0.4) is 0 Å². The molecule has 0 saturated heterocycles. The molecule has 0 radical (unpaired) electrons. The number of thioether (sulfide) groups is 1. The largest absolute Gasteiger partial charge is 0.480 e. The van der Waals surface area contributed by atoms with Crippen LogP contribution in [0.15, 0.2) is 30.3 Å². The highest BCUT2D eigenvalue weighted by Crippen LogP contribution is 2.22. The first-order chi connectivity index (χ1) is 8.54. The molecule has 1 aromatic rings. The van der Waals surface area contributed by atoms with Gasteiger partial charge in [-0.3, -0.25) is 9.59 Å². The Kier molecular flexibility index (Phi) is 5.71. The maximum atomic E-state index is 11.9. The van der Waals surface area contributed by atoms with Crippen LogP contribution in [0.2, 0.25) is 0 Å². The molecule has 0 aliphatic carbocycles. The number of para-hydroxylation sites is 1. The van der Waals surface area contributed by atoms with Crippen molar-refractivity contribution < 1.29 is 14.7 Å². The van der Waals surface area contributed by atoms with Crippen LogP contribution in [0, 0.1) is 0 Å². The second kappa shape index (κ2) is 7.06. The van der Waals surface area contributed by atoms with Crippen molar-refractivity contribution in [3.05, 3.63) is 30.3 Å². The zero-order chi connectivity index (χ0) is 13.5. The molecule has 0 heterocycles. The standard InChI is InChI=1S/C13H17NO3S/c1-3-11(13(16)17)18-9(2)12(15)14-10-7-5-4-6-8-10/h4-9,11H,3H2,1-2H3,(H,14,15)(H,16,17). The summed E-state index contributed by atoms with van der Waals surface area (Å²) in [5, 5.41) is 10.8. The summed E-state index contributed by atoms with van der Waals surface area (Å²) in [7, 11) is 0. The van der Waals surface area contributed by atoms with Gasteiger partial charge in [0.15, 0.2) is 0 Å². The summed E-state index contributed by atoms with van der Waals surface area (Å²) >= 11 is 1.17. The van der Waals surface area contributed by atoms with Gasteiger partial charge >= 0.3 is 5.97 Å². The van der Waals surface area contributed by atoms with E-state index in [4.69, 9.17) is 5.11 Å². The van der Waals surface area contributed by atoms with Gasteiger partial charge in [0.05, 0.1) is 5.25 Å². The van der Waals surface area contributed by atoms with Gasteiger partial charge in [0.25, 0.3) is 0 Å². The van der Waals surface area contributed by atoms with E-state index in [0.717, 1.165) is 5.69 Å². The number of hydrogen-bond donors (Lipinski definition) is 2. The quantitative estimate of drug-likeness (QED) is 0.831. The minimum Gasteiger partial charge on any atom is -0.480 e. The summed E-state index contributed by atoms with van der Waals surface area (Å²) in [6.45, 7) is 3.52. The van der Waals surface area contributed by atoms with Crippen molar-refractivity contribution in [2.75, 3.05) is 5.32 Å². The molecular formula is C13H17NO3S. The lowest BCUT2D eigenvalue weighted by Crippen LogP contribution is -2.27. The molecule has 0 fully saturated rings. The van der Waals surface area contributed by atoms with Gasteiger partial charge in [-0.25, -0.2) is 0 Å². The number of carbonyl (C=O) groups excluding carboxylic acids is 1. The van der Waals surface area contributed by atoms with E-state index in [2.05, 4.69) is 5.32 Å². The Labute approximate surface area is 111 Å². The Morgan fingerprint density at radius 2 is 1.94 bits per heavy atom. The fourth-order valence-electron chi connectivity index (χ4n) is 1.40. The molecule has 2 unspecified atom stereocenters. The molecule has 1 amide bonds. The van der Waals surface area contributed by atoms with Gasteiger partial charge in [-0.15, -0.1) is 11.8 Å². The molecule has 0 aromatic heterocycles. The number of carboxylic acid groups (broad SMARTS) is 1. The van der Waals surface area contributed by atoms with E-state index >= 15 is 0 Å². The number of rotatable bonds is 6. The van der Waals surface area contributed by atoms with Gasteiger partial charge in [0, 0.05) is 5.69 Å². The minimum absolute atomic E-state index is 0.175. The molecule has 0 bridgehead atoms. The third kappa shape index (κ3) is 4.41. The number of carbonyl (C=O) groups is 2. The van der Waals surface area contributed by atoms with Gasteiger partial charge < -0.3 is 10.4 Å². The van der Waals surface area contributed by atoms with Crippen LogP contribution in [0.5, 0.6) is 0 Å². The highest BCUT2D eigenvalue weighted by molar-refractivity contribution is 8.01. The van der Waals surface area contributed by atoms with E-state index < -0.39 is 16.5 Å². The van der Waals surface area contributed by atoms with Crippen LogP contribution in [0.25, 0.3) is 0 Å². The third-order valence-electron chi connectivity index (χ3n) is 2.43. The highest BCUT2D eigenvalue weighted by Gasteiger charge is 2.23. The maximum Gasteiger partial charge on any atom is 0.316 e. The number of anilines is 1. The summed E-state index contributed by atoms with van der Waals surface area (Å²) in [6, 6.07) is 9.12. The monoisotopic (exact) mass is 267 g/mol. The SMILES string of the molecule is CCC(SC(C)C(=O)Nc1ccccc1)C(=O)O. The zero-order valence-corrected chi connectivity index (χ0v) is 11.2. The van der Waals surface area contributed by atoms with Crippen LogP contribution in [0.4, 0.5) is 5.69 Å². The minimum atomic E-state index is -0.873. The van der Waals surface area contributed by atoms with Gasteiger partial charge in [-0.1, -0.05) is 25.1 Å². The van der Waals surface area contributed by atoms with Crippen molar-refractivity contribution in [1.82, 2.24) is 0 Å². The van der Waals surface area contributed by atoms with Crippen molar-refractivity contribution >= 4 is 29.3 Å². The number of aliphatic carboxylic acids is 1. The second-order valence-electron chi connectivity index (χ2n) is 3.87. The molecule has 98 valence electrons. The molecule has 1 aromatic carbocycles. The van der Waals surface area contributed by atoms with E-state index in [0.29, 0.717) is 6.42 Å². The normalized spacial score (nSPS) is 13.7. The topological polar surface area (TPSA) is 66.4 Å². The van der Waals surface area contributed by atoms with Crippen LogP contribution in [-0.2, 0) is 9.59 Å². The molecule has 0 aliphatic rings. The Hall–Kier alpha value is -1.49. The zero-order valence-electron chi connectivity index (χ0n) is 10.4. The molecule has 1 rings (SSSR count). The van der Waals surface area contributed by atoms with Gasteiger partial charge in [0.1, 0.15) is 5.25 Å². The maximum absolute atomic E-state index is 11.9. The van der Waals surface area contributed by atoms with Crippen molar-refractivity contribution in [3.8, 4) is 0 Å². The van der Waals surface area contributed by atoms with E-state index in [1.165, 1.54) is 11.8 Å². The van der Waals surface area contributed by atoms with Crippen LogP contribution < -0.4 is 5.32 Å². The predicted octanol–water partition coefficient (Wildman–Crippen LogP) is 2.61. The lowest BCUT2D eigenvalue weighted by atomic mass is 10.3. The van der Waals surface area contributed by atoms with Crippen molar-refractivity contribution in [2.45, 2.75) is 30.8 Å². The Morgan fingerprint density at radius 1 is 1.33 bits per heavy atom. The van der Waals surface area contributed by atoms with E-state index in [9.17, 15) is 9.59 Å². The molecule has 0 spiro atoms. The summed E-state index contributed by atoms with van der Waals surface area (Å²) in [5.74, 6) is -1.05. The number of amides is 1. The number of carboxylic acids is 1.